The maximum atomic E-state index is 12.7. The second-order valence-corrected chi connectivity index (χ2v) is 6.90. The van der Waals surface area contributed by atoms with Gasteiger partial charge in [0, 0.05) is 17.8 Å². The van der Waals surface area contributed by atoms with Crippen molar-refractivity contribution in [2.24, 2.45) is 0 Å². The van der Waals surface area contributed by atoms with Crippen molar-refractivity contribution in [3.63, 3.8) is 0 Å². The fraction of sp³-hybridized carbons (Fsp3) is 0.125. The lowest BCUT2D eigenvalue weighted by Crippen LogP contribution is -2.15. The molecule has 6 nitrogen and oxygen atoms in total. The van der Waals surface area contributed by atoms with E-state index in [4.69, 9.17) is 4.42 Å². The Bertz CT molecular complexity index is 1270. The first kappa shape index (κ1) is 19.4. The number of benzene rings is 2. The molecule has 0 fully saturated rings. The number of carbonyl (C=O) groups excluding carboxylic acids is 1. The third-order valence-electron chi connectivity index (χ3n) is 5.02. The molecular weight excluding hydrogens is 380 g/mol. The van der Waals surface area contributed by atoms with E-state index < -0.39 is 11.5 Å². The Kier molecular flexibility index (Phi) is 5.30. The molecule has 0 spiro atoms. The van der Waals surface area contributed by atoms with Gasteiger partial charge in [-0.2, -0.15) is 0 Å². The molecule has 0 aliphatic rings. The van der Waals surface area contributed by atoms with Crippen LogP contribution < -0.4 is 10.9 Å². The second kappa shape index (κ2) is 8.21. The summed E-state index contributed by atoms with van der Waals surface area (Å²) in [4.78, 5) is 29.1. The number of nitrogens with one attached hydrogen (secondary N) is 1. The Morgan fingerprint density at radius 2 is 1.90 bits per heavy atom. The van der Waals surface area contributed by atoms with Crippen LogP contribution in [0.3, 0.4) is 0 Å². The number of para-hydroxylation sites is 1. The van der Waals surface area contributed by atoms with Crippen molar-refractivity contribution in [3.05, 3.63) is 100 Å². The van der Waals surface area contributed by atoms with Crippen molar-refractivity contribution in [1.82, 2.24) is 4.98 Å². The minimum absolute atomic E-state index is 0.0726. The number of hydrogen-bond donors (Lipinski definition) is 2. The zero-order valence-corrected chi connectivity index (χ0v) is 16.3. The fourth-order valence-corrected chi connectivity index (χ4v) is 3.59. The molecule has 4 aromatic rings. The zero-order valence-electron chi connectivity index (χ0n) is 16.3. The fourth-order valence-electron chi connectivity index (χ4n) is 3.59. The first-order valence-corrected chi connectivity index (χ1v) is 9.65. The van der Waals surface area contributed by atoms with Gasteiger partial charge in [-0.3, -0.25) is 9.78 Å². The largest absolute Gasteiger partial charge is 0.507 e. The standard InChI is InChI=1S/C24H20N2O4/c1-2-17(21-22(27)18-10-3-4-12-20(18)30-24(21)29)15-8-7-9-16(14-15)26-23(28)19-11-5-6-13-25-19/h3-14,17,27H,2H2,1H3,(H,26,28). The summed E-state index contributed by atoms with van der Waals surface area (Å²) < 4.78 is 5.44. The van der Waals surface area contributed by atoms with Gasteiger partial charge >= 0.3 is 5.63 Å². The second-order valence-electron chi connectivity index (χ2n) is 6.90. The molecule has 0 aliphatic carbocycles. The lowest BCUT2D eigenvalue weighted by atomic mass is 9.88. The number of anilines is 1. The average molecular weight is 400 g/mol. The summed E-state index contributed by atoms with van der Waals surface area (Å²) in [5.41, 5.74) is 1.66. The van der Waals surface area contributed by atoms with Gasteiger partial charge in [0.05, 0.1) is 10.9 Å². The summed E-state index contributed by atoms with van der Waals surface area (Å²) in [6, 6.07) is 19.2. The van der Waals surface area contributed by atoms with Gasteiger partial charge in [0.2, 0.25) is 0 Å². The minimum atomic E-state index is -0.569. The number of pyridine rings is 1. The van der Waals surface area contributed by atoms with Crippen LogP contribution >= 0.6 is 0 Å². The van der Waals surface area contributed by atoms with E-state index in [0.29, 0.717) is 28.8 Å². The van der Waals surface area contributed by atoms with Gasteiger partial charge in [0.25, 0.3) is 5.91 Å². The average Bonchev–Trinajstić information content (AvgIpc) is 2.77. The maximum Gasteiger partial charge on any atom is 0.343 e. The topological polar surface area (TPSA) is 92.4 Å². The van der Waals surface area contributed by atoms with E-state index in [1.54, 1.807) is 66.9 Å². The summed E-state index contributed by atoms with van der Waals surface area (Å²) in [6.07, 6.45) is 2.12. The highest BCUT2D eigenvalue weighted by atomic mass is 16.4. The quantitative estimate of drug-likeness (QED) is 0.474. The van der Waals surface area contributed by atoms with E-state index in [1.807, 2.05) is 13.0 Å². The number of amides is 1. The Morgan fingerprint density at radius 1 is 1.10 bits per heavy atom. The monoisotopic (exact) mass is 400 g/mol. The summed E-state index contributed by atoms with van der Waals surface area (Å²) in [6.45, 7) is 1.93. The predicted octanol–water partition coefficient (Wildman–Crippen LogP) is 4.69. The van der Waals surface area contributed by atoms with Crippen molar-refractivity contribution in [2.45, 2.75) is 19.3 Å². The Morgan fingerprint density at radius 3 is 2.67 bits per heavy atom. The van der Waals surface area contributed by atoms with Crippen LogP contribution in [0.1, 0.15) is 40.9 Å². The molecule has 30 heavy (non-hydrogen) atoms. The Labute approximate surface area is 172 Å². The van der Waals surface area contributed by atoms with Crippen molar-refractivity contribution in [2.75, 3.05) is 5.32 Å². The molecule has 0 radical (unpaired) electrons. The first-order valence-electron chi connectivity index (χ1n) is 9.65. The molecule has 0 bridgehead atoms. The molecule has 2 heterocycles. The van der Waals surface area contributed by atoms with E-state index in [0.717, 1.165) is 5.56 Å². The van der Waals surface area contributed by atoms with Gasteiger partial charge in [0.15, 0.2) is 0 Å². The molecule has 1 amide bonds. The van der Waals surface area contributed by atoms with E-state index in [1.165, 1.54) is 0 Å². The highest BCUT2D eigenvalue weighted by Crippen LogP contribution is 2.36. The molecule has 1 unspecified atom stereocenters. The van der Waals surface area contributed by atoms with Crippen molar-refractivity contribution in [3.8, 4) is 5.75 Å². The van der Waals surface area contributed by atoms with Crippen LogP contribution in [0.15, 0.2) is 82.1 Å². The third kappa shape index (κ3) is 3.67. The van der Waals surface area contributed by atoms with Gasteiger partial charge in [-0.15, -0.1) is 0 Å². The van der Waals surface area contributed by atoms with E-state index in [2.05, 4.69) is 10.3 Å². The first-order chi connectivity index (χ1) is 14.6. The zero-order chi connectivity index (χ0) is 21.1. The molecule has 4 rings (SSSR count). The van der Waals surface area contributed by atoms with Crippen LogP contribution in [0.25, 0.3) is 11.0 Å². The molecule has 0 saturated heterocycles. The van der Waals surface area contributed by atoms with Crippen LogP contribution in [0.5, 0.6) is 5.75 Å². The number of nitrogens with zero attached hydrogens (tertiary/aromatic N) is 1. The molecule has 2 aromatic carbocycles. The normalized spacial score (nSPS) is 11.9. The molecule has 1 atom stereocenters. The van der Waals surface area contributed by atoms with Gasteiger partial charge in [-0.05, 0) is 48.4 Å². The lowest BCUT2D eigenvalue weighted by Gasteiger charge is -2.18. The van der Waals surface area contributed by atoms with E-state index in [-0.39, 0.29) is 17.2 Å². The minimum Gasteiger partial charge on any atom is -0.507 e. The van der Waals surface area contributed by atoms with Gasteiger partial charge in [-0.25, -0.2) is 4.79 Å². The number of rotatable bonds is 5. The Balaban J connectivity index is 1.71. The van der Waals surface area contributed by atoms with Crippen LogP contribution in [0.4, 0.5) is 5.69 Å². The van der Waals surface area contributed by atoms with Gasteiger partial charge in [-0.1, -0.05) is 37.3 Å². The maximum absolute atomic E-state index is 12.7. The van der Waals surface area contributed by atoms with Crippen LogP contribution in [0, 0.1) is 0 Å². The molecule has 6 heteroatoms. The number of carbonyl (C=O) groups is 1. The number of fused-ring (bicyclic) bond motifs is 1. The highest BCUT2D eigenvalue weighted by Gasteiger charge is 2.23. The van der Waals surface area contributed by atoms with Gasteiger partial charge < -0.3 is 14.8 Å². The van der Waals surface area contributed by atoms with Crippen LogP contribution in [0.2, 0.25) is 0 Å². The summed E-state index contributed by atoms with van der Waals surface area (Å²) in [7, 11) is 0. The number of aromatic hydroxyl groups is 1. The van der Waals surface area contributed by atoms with E-state index >= 15 is 0 Å². The van der Waals surface area contributed by atoms with Crippen molar-refractivity contribution in [1.29, 1.82) is 0 Å². The molecule has 2 N–H and O–H groups in total. The molecule has 150 valence electrons. The molecular formula is C24H20N2O4. The van der Waals surface area contributed by atoms with Crippen molar-refractivity contribution >= 4 is 22.6 Å². The summed E-state index contributed by atoms with van der Waals surface area (Å²) in [5, 5.41) is 14.1. The van der Waals surface area contributed by atoms with Crippen molar-refractivity contribution < 1.29 is 14.3 Å². The highest BCUT2D eigenvalue weighted by molar-refractivity contribution is 6.02. The SMILES string of the molecule is CCC(c1cccc(NC(=O)c2ccccn2)c1)c1c(O)c2ccccc2oc1=O. The summed E-state index contributed by atoms with van der Waals surface area (Å²) in [5.74, 6) is -0.789. The molecule has 0 saturated carbocycles. The van der Waals surface area contributed by atoms with Crippen LogP contribution in [-0.4, -0.2) is 16.0 Å². The number of aromatic nitrogens is 1. The smallest absolute Gasteiger partial charge is 0.343 e. The summed E-state index contributed by atoms with van der Waals surface area (Å²) >= 11 is 0. The molecule has 2 aromatic heterocycles. The van der Waals surface area contributed by atoms with Gasteiger partial charge in [0.1, 0.15) is 17.0 Å². The number of hydrogen-bond acceptors (Lipinski definition) is 5. The predicted molar refractivity (Wildman–Crippen MR) is 115 cm³/mol. The van der Waals surface area contributed by atoms with E-state index in [9.17, 15) is 14.7 Å². The molecule has 0 aliphatic heterocycles. The lowest BCUT2D eigenvalue weighted by molar-refractivity contribution is 0.102. The third-order valence-corrected chi connectivity index (χ3v) is 5.02. The van der Waals surface area contributed by atoms with Crippen LogP contribution in [-0.2, 0) is 0 Å². The Hall–Kier alpha value is -3.93.